The number of ether oxygens (including phenoxy) is 3. The van der Waals surface area contributed by atoms with Crippen molar-refractivity contribution in [2.24, 2.45) is 0 Å². The number of nitrogen functional groups attached to an aromatic ring is 1. The first-order chi connectivity index (χ1) is 13.1. The van der Waals surface area contributed by atoms with Gasteiger partial charge < -0.3 is 20.1 Å². The van der Waals surface area contributed by atoms with Crippen LogP contribution in [0.4, 0.5) is 0 Å². The number of hydrogen-bond acceptors (Lipinski definition) is 7. The van der Waals surface area contributed by atoms with E-state index in [0.717, 1.165) is 16.9 Å². The average molecular weight is 386 g/mol. The molecule has 7 nitrogen and oxygen atoms in total. The van der Waals surface area contributed by atoms with E-state index in [1.165, 1.54) is 16.4 Å². The van der Waals surface area contributed by atoms with Crippen molar-refractivity contribution in [3.8, 4) is 28.6 Å². The first kappa shape index (κ1) is 18.9. The van der Waals surface area contributed by atoms with Crippen LogP contribution in [-0.4, -0.2) is 41.5 Å². The van der Waals surface area contributed by atoms with Crippen molar-refractivity contribution in [2.45, 2.75) is 12.1 Å². The molecule has 0 atom stereocenters. The van der Waals surface area contributed by atoms with Crippen molar-refractivity contribution in [1.29, 1.82) is 0 Å². The predicted molar refractivity (Wildman–Crippen MR) is 106 cm³/mol. The molecule has 0 bridgehead atoms. The van der Waals surface area contributed by atoms with Gasteiger partial charge in [-0.3, -0.25) is 0 Å². The molecule has 3 rings (SSSR count). The number of thioether (sulfide) groups is 1. The van der Waals surface area contributed by atoms with Gasteiger partial charge in [0.05, 0.1) is 20.8 Å². The SMILES string of the molecule is COc1ccc(-c2nnc(SCCOc3ccccc3C)n2N)cc1OC. The normalized spacial score (nSPS) is 10.6. The van der Waals surface area contributed by atoms with Crippen molar-refractivity contribution in [3.63, 3.8) is 0 Å². The van der Waals surface area contributed by atoms with E-state index in [2.05, 4.69) is 10.2 Å². The molecule has 0 spiro atoms. The summed E-state index contributed by atoms with van der Waals surface area (Å²) in [6.45, 7) is 2.57. The topological polar surface area (TPSA) is 84.4 Å². The Hall–Kier alpha value is -2.87. The minimum Gasteiger partial charge on any atom is -0.493 e. The van der Waals surface area contributed by atoms with Gasteiger partial charge in [-0.15, -0.1) is 10.2 Å². The third-order valence-electron chi connectivity index (χ3n) is 3.97. The maximum atomic E-state index is 6.17. The van der Waals surface area contributed by atoms with Gasteiger partial charge in [0, 0.05) is 11.3 Å². The zero-order valence-electron chi connectivity index (χ0n) is 15.5. The second kappa shape index (κ2) is 8.68. The van der Waals surface area contributed by atoms with Crippen molar-refractivity contribution in [1.82, 2.24) is 14.9 Å². The lowest BCUT2D eigenvalue weighted by Crippen LogP contribution is -2.12. The number of benzene rings is 2. The summed E-state index contributed by atoms with van der Waals surface area (Å²) >= 11 is 1.49. The summed E-state index contributed by atoms with van der Waals surface area (Å²) in [6.07, 6.45) is 0. The fourth-order valence-corrected chi connectivity index (χ4v) is 3.22. The van der Waals surface area contributed by atoms with Crippen LogP contribution in [-0.2, 0) is 0 Å². The third kappa shape index (κ3) is 4.28. The van der Waals surface area contributed by atoms with Crippen molar-refractivity contribution in [2.75, 3.05) is 32.4 Å². The lowest BCUT2D eigenvalue weighted by atomic mass is 10.2. The molecule has 0 aliphatic heterocycles. The maximum Gasteiger partial charge on any atom is 0.210 e. The second-order valence-electron chi connectivity index (χ2n) is 5.71. The fourth-order valence-electron chi connectivity index (χ4n) is 2.55. The smallest absolute Gasteiger partial charge is 0.210 e. The van der Waals surface area contributed by atoms with Crippen LogP contribution in [0.15, 0.2) is 47.6 Å². The number of methoxy groups -OCH3 is 2. The average Bonchev–Trinajstić information content (AvgIpc) is 3.06. The Bertz CT molecular complexity index is 914. The van der Waals surface area contributed by atoms with Crippen LogP contribution in [0.25, 0.3) is 11.4 Å². The molecular weight excluding hydrogens is 364 g/mol. The van der Waals surface area contributed by atoms with Crippen molar-refractivity contribution in [3.05, 3.63) is 48.0 Å². The molecule has 142 valence electrons. The van der Waals surface area contributed by atoms with Gasteiger partial charge in [-0.05, 0) is 36.8 Å². The van der Waals surface area contributed by atoms with E-state index in [0.29, 0.717) is 34.8 Å². The number of aromatic nitrogens is 3. The van der Waals surface area contributed by atoms with E-state index in [1.54, 1.807) is 14.2 Å². The molecular formula is C19H22N4O3S. The highest BCUT2D eigenvalue weighted by Gasteiger charge is 2.14. The van der Waals surface area contributed by atoms with Crippen LogP contribution < -0.4 is 20.1 Å². The molecule has 1 aromatic heterocycles. The summed E-state index contributed by atoms with van der Waals surface area (Å²) in [6, 6.07) is 13.4. The number of hydrogen-bond donors (Lipinski definition) is 1. The van der Waals surface area contributed by atoms with E-state index in [9.17, 15) is 0 Å². The monoisotopic (exact) mass is 386 g/mol. The largest absolute Gasteiger partial charge is 0.493 e. The number of rotatable bonds is 8. The number of nitrogens with two attached hydrogens (primary N) is 1. The molecule has 3 aromatic rings. The first-order valence-electron chi connectivity index (χ1n) is 8.38. The molecule has 0 saturated heterocycles. The van der Waals surface area contributed by atoms with Gasteiger partial charge in [-0.2, -0.15) is 0 Å². The molecule has 8 heteroatoms. The molecule has 0 saturated carbocycles. The molecule has 2 N–H and O–H groups in total. The number of nitrogens with zero attached hydrogens (tertiary/aromatic N) is 3. The summed E-state index contributed by atoms with van der Waals surface area (Å²) in [5.41, 5.74) is 1.91. The van der Waals surface area contributed by atoms with E-state index in [4.69, 9.17) is 20.1 Å². The van der Waals surface area contributed by atoms with Gasteiger partial charge in [0.25, 0.3) is 0 Å². The van der Waals surface area contributed by atoms with Gasteiger partial charge in [-0.1, -0.05) is 30.0 Å². The minimum absolute atomic E-state index is 0.550. The summed E-state index contributed by atoms with van der Waals surface area (Å²) < 4.78 is 17.9. The Kier molecular flexibility index (Phi) is 6.08. The molecule has 0 fully saturated rings. The number of aryl methyl sites for hydroxylation is 1. The van der Waals surface area contributed by atoms with Crippen LogP contribution in [0, 0.1) is 6.92 Å². The first-order valence-corrected chi connectivity index (χ1v) is 9.36. The van der Waals surface area contributed by atoms with E-state index in [1.807, 2.05) is 49.4 Å². The molecule has 2 aromatic carbocycles. The standard InChI is InChI=1S/C19H22N4O3S/c1-13-6-4-5-7-15(13)26-10-11-27-19-22-21-18(23(19)20)14-8-9-16(24-2)17(12-14)25-3/h4-9,12H,10-11,20H2,1-3H3. The Morgan fingerprint density at radius 2 is 1.78 bits per heavy atom. The van der Waals surface area contributed by atoms with Crippen molar-refractivity contribution >= 4 is 11.8 Å². The molecule has 0 aliphatic rings. The Morgan fingerprint density at radius 3 is 2.52 bits per heavy atom. The van der Waals surface area contributed by atoms with Gasteiger partial charge in [0.2, 0.25) is 5.16 Å². The van der Waals surface area contributed by atoms with E-state index in [-0.39, 0.29) is 0 Å². The quantitative estimate of drug-likeness (QED) is 0.362. The highest BCUT2D eigenvalue weighted by atomic mass is 32.2. The molecule has 0 aliphatic carbocycles. The van der Waals surface area contributed by atoms with Gasteiger partial charge in [0.15, 0.2) is 17.3 Å². The molecule has 0 radical (unpaired) electrons. The highest BCUT2D eigenvalue weighted by molar-refractivity contribution is 7.99. The summed E-state index contributed by atoms with van der Waals surface area (Å²) in [5.74, 6) is 9.57. The molecule has 1 heterocycles. The fraction of sp³-hybridized carbons (Fsp3) is 0.263. The van der Waals surface area contributed by atoms with Gasteiger partial charge in [0.1, 0.15) is 5.75 Å². The second-order valence-corrected chi connectivity index (χ2v) is 6.77. The maximum absolute atomic E-state index is 6.17. The van der Waals surface area contributed by atoms with Crippen LogP contribution in [0.3, 0.4) is 0 Å². The van der Waals surface area contributed by atoms with Crippen molar-refractivity contribution < 1.29 is 14.2 Å². The zero-order chi connectivity index (χ0) is 19.2. The summed E-state index contributed by atoms with van der Waals surface area (Å²) in [5, 5.41) is 8.99. The van der Waals surface area contributed by atoms with Gasteiger partial charge >= 0.3 is 0 Å². The van der Waals surface area contributed by atoms with Crippen LogP contribution >= 0.6 is 11.8 Å². The summed E-state index contributed by atoms with van der Waals surface area (Å²) in [4.78, 5) is 0. The Balaban J connectivity index is 1.64. The lowest BCUT2D eigenvalue weighted by molar-refractivity contribution is 0.341. The molecule has 0 amide bonds. The zero-order valence-corrected chi connectivity index (χ0v) is 16.3. The van der Waals surface area contributed by atoms with Crippen LogP contribution in [0.2, 0.25) is 0 Å². The van der Waals surface area contributed by atoms with Crippen LogP contribution in [0.5, 0.6) is 17.2 Å². The van der Waals surface area contributed by atoms with E-state index < -0.39 is 0 Å². The predicted octanol–water partition coefficient (Wildman–Crippen LogP) is 3.16. The third-order valence-corrected chi connectivity index (χ3v) is 4.88. The van der Waals surface area contributed by atoms with Gasteiger partial charge in [-0.25, -0.2) is 4.68 Å². The Labute approximate surface area is 162 Å². The Morgan fingerprint density at radius 1 is 1.00 bits per heavy atom. The lowest BCUT2D eigenvalue weighted by Gasteiger charge is -2.10. The molecule has 27 heavy (non-hydrogen) atoms. The number of para-hydroxylation sites is 1. The van der Waals surface area contributed by atoms with Crippen LogP contribution in [0.1, 0.15) is 5.56 Å². The van der Waals surface area contributed by atoms with E-state index >= 15 is 0 Å². The summed E-state index contributed by atoms with van der Waals surface area (Å²) in [7, 11) is 3.18. The molecule has 0 unspecified atom stereocenters. The minimum atomic E-state index is 0.550. The highest BCUT2D eigenvalue weighted by Crippen LogP contribution is 2.32.